The molecule has 3 aromatic rings. The minimum atomic E-state index is -4.48. The lowest BCUT2D eigenvalue weighted by Crippen LogP contribution is -2.18. The van der Waals surface area contributed by atoms with E-state index in [0.29, 0.717) is 36.2 Å². The van der Waals surface area contributed by atoms with E-state index in [9.17, 15) is 22.4 Å². The number of rotatable bonds is 4. The summed E-state index contributed by atoms with van der Waals surface area (Å²) < 4.78 is 52.1. The molecule has 4 rings (SSSR count). The van der Waals surface area contributed by atoms with Crippen LogP contribution in [0.1, 0.15) is 34.5 Å². The molecule has 0 aliphatic heterocycles. The van der Waals surface area contributed by atoms with Crippen LogP contribution in [-0.4, -0.2) is 15.8 Å². The van der Waals surface area contributed by atoms with Crippen LogP contribution in [0.2, 0.25) is 0 Å². The molecule has 0 unspecified atom stereocenters. The van der Waals surface area contributed by atoms with Crippen LogP contribution < -0.4 is 10.6 Å². The highest BCUT2D eigenvalue weighted by Gasteiger charge is 2.30. The molecule has 1 aliphatic rings. The van der Waals surface area contributed by atoms with E-state index in [-0.39, 0.29) is 23.2 Å². The lowest BCUT2D eigenvalue weighted by atomic mass is 9.95. The zero-order valence-electron chi connectivity index (χ0n) is 15.6. The lowest BCUT2D eigenvalue weighted by molar-refractivity contribution is -0.137. The standard InChI is InChI=1S/C21H16F4N4O/c22-13-7-9-14(10-8-13)26-19-18-16(5-2-6-17(18)30)28-20(29-19)27-15-4-1-3-12(11-15)21(23,24)25/h1,3-4,7-11H,2,5-6H2,(H2,26,27,28,29). The summed E-state index contributed by atoms with van der Waals surface area (Å²) in [5.74, 6) is -0.238. The number of alkyl halides is 3. The SMILES string of the molecule is O=C1CCCc2nc(Nc3cccc(C(F)(F)F)c3)nc(Nc3ccc(F)cc3)c21. The predicted molar refractivity (Wildman–Crippen MR) is 104 cm³/mol. The van der Waals surface area contributed by atoms with Gasteiger partial charge in [0.1, 0.15) is 11.6 Å². The van der Waals surface area contributed by atoms with E-state index in [1.54, 1.807) is 0 Å². The number of hydrogen-bond donors (Lipinski definition) is 2. The van der Waals surface area contributed by atoms with Crippen molar-refractivity contribution in [3.05, 3.63) is 71.2 Å². The summed E-state index contributed by atoms with van der Waals surface area (Å²) in [4.78, 5) is 21.1. The van der Waals surface area contributed by atoms with Crippen molar-refractivity contribution in [1.82, 2.24) is 9.97 Å². The topological polar surface area (TPSA) is 66.9 Å². The number of aromatic nitrogens is 2. The van der Waals surface area contributed by atoms with Crippen LogP contribution in [0.3, 0.4) is 0 Å². The van der Waals surface area contributed by atoms with Gasteiger partial charge >= 0.3 is 6.18 Å². The minimum absolute atomic E-state index is 0.0624. The third-order valence-corrected chi connectivity index (χ3v) is 4.63. The summed E-state index contributed by atoms with van der Waals surface area (Å²) in [7, 11) is 0. The molecule has 5 nitrogen and oxygen atoms in total. The maximum absolute atomic E-state index is 13.2. The monoisotopic (exact) mass is 416 g/mol. The van der Waals surface area contributed by atoms with Crippen molar-refractivity contribution in [3.8, 4) is 0 Å². The zero-order valence-corrected chi connectivity index (χ0v) is 15.6. The third kappa shape index (κ3) is 4.24. The second-order valence-corrected chi connectivity index (χ2v) is 6.83. The van der Waals surface area contributed by atoms with Crippen molar-refractivity contribution >= 4 is 28.9 Å². The summed E-state index contributed by atoms with van der Waals surface area (Å²) in [6.45, 7) is 0. The molecule has 30 heavy (non-hydrogen) atoms. The van der Waals surface area contributed by atoms with E-state index >= 15 is 0 Å². The molecule has 0 atom stereocenters. The van der Waals surface area contributed by atoms with Gasteiger partial charge in [0, 0.05) is 17.8 Å². The molecule has 0 fully saturated rings. The Labute approximate surface area is 169 Å². The summed E-state index contributed by atoms with van der Waals surface area (Å²) in [5, 5.41) is 5.78. The van der Waals surface area contributed by atoms with Gasteiger partial charge in [0.2, 0.25) is 5.95 Å². The van der Waals surface area contributed by atoms with Gasteiger partial charge in [-0.25, -0.2) is 9.37 Å². The molecule has 0 bridgehead atoms. The van der Waals surface area contributed by atoms with Crippen molar-refractivity contribution in [1.29, 1.82) is 0 Å². The van der Waals surface area contributed by atoms with Gasteiger partial charge in [0.25, 0.3) is 0 Å². The number of nitrogens with one attached hydrogen (secondary N) is 2. The van der Waals surface area contributed by atoms with Gasteiger partial charge in [0.15, 0.2) is 5.78 Å². The highest BCUT2D eigenvalue weighted by Crippen LogP contribution is 2.33. The molecule has 0 spiro atoms. The molecule has 0 radical (unpaired) electrons. The number of fused-ring (bicyclic) bond motifs is 1. The fraction of sp³-hybridized carbons (Fsp3) is 0.190. The van der Waals surface area contributed by atoms with Gasteiger partial charge in [0.05, 0.1) is 16.8 Å². The number of Topliss-reactive ketones (excluding diaryl/α,β-unsaturated/α-hetero) is 1. The van der Waals surface area contributed by atoms with Crippen molar-refractivity contribution in [3.63, 3.8) is 0 Å². The summed E-state index contributed by atoms with van der Waals surface area (Å²) in [5.41, 5.74) is 0.742. The molecule has 2 N–H and O–H groups in total. The summed E-state index contributed by atoms with van der Waals surface area (Å²) in [6, 6.07) is 10.2. The van der Waals surface area contributed by atoms with Crippen molar-refractivity contribution in [2.75, 3.05) is 10.6 Å². The van der Waals surface area contributed by atoms with Gasteiger partial charge < -0.3 is 10.6 Å². The first-order chi connectivity index (χ1) is 14.3. The number of ketones is 1. The molecule has 154 valence electrons. The number of anilines is 4. The van der Waals surface area contributed by atoms with Crippen LogP contribution in [-0.2, 0) is 12.6 Å². The quantitative estimate of drug-likeness (QED) is 0.539. The number of benzene rings is 2. The molecule has 0 saturated carbocycles. The fourth-order valence-corrected chi connectivity index (χ4v) is 3.24. The van der Waals surface area contributed by atoms with Crippen LogP contribution in [0.5, 0.6) is 0 Å². The number of nitrogens with zero attached hydrogens (tertiary/aromatic N) is 2. The number of hydrogen-bond acceptors (Lipinski definition) is 5. The molecular weight excluding hydrogens is 400 g/mol. The summed E-state index contributed by atoms with van der Waals surface area (Å²) in [6.07, 6.45) is -2.95. The summed E-state index contributed by atoms with van der Waals surface area (Å²) >= 11 is 0. The Hall–Kier alpha value is -3.49. The van der Waals surface area contributed by atoms with Crippen molar-refractivity contribution < 1.29 is 22.4 Å². The molecular formula is C21H16F4N4O. The maximum atomic E-state index is 13.2. The van der Waals surface area contributed by atoms with E-state index in [4.69, 9.17) is 0 Å². The van der Waals surface area contributed by atoms with Crippen LogP contribution in [0.25, 0.3) is 0 Å². The Morgan fingerprint density at radius 2 is 1.67 bits per heavy atom. The molecule has 2 aromatic carbocycles. The smallest absolute Gasteiger partial charge is 0.339 e. The lowest BCUT2D eigenvalue weighted by Gasteiger charge is -2.19. The average molecular weight is 416 g/mol. The second-order valence-electron chi connectivity index (χ2n) is 6.83. The van der Waals surface area contributed by atoms with Gasteiger partial charge in [-0.3, -0.25) is 4.79 Å². The molecule has 0 amide bonds. The van der Waals surface area contributed by atoms with E-state index in [2.05, 4.69) is 20.6 Å². The zero-order chi connectivity index (χ0) is 21.3. The van der Waals surface area contributed by atoms with Gasteiger partial charge in [-0.1, -0.05) is 6.07 Å². The normalized spacial score (nSPS) is 13.7. The fourth-order valence-electron chi connectivity index (χ4n) is 3.24. The van der Waals surface area contributed by atoms with E-state index in [1.165, 1.54) is 36.4 Å². The highest BCUT2D eigenvalue weighted by molar-refractivity contribution is 6.03. The Balaban J connectivity index is 1.71. The third-order valence-electron chi connectivity index (χ3n) is 4.63. The van der Waals surface area contributed by atoms with Gasteiger partial charge in [-0.2, -0.15) is 18.2 Å². The van der Waals surface area contributed by atoms with Crippen LogP contribution in [0, 0.1) is 5.82 Å². The van der Waals surface area contributed by atoms with Gasteiger partial charge in [-0.15, -0.1) is 0 Å². The molecule has 1 aliphatic carbocycles. The van der Waals surface area contributed by atoms with E-state index in [1.807, 2.05) is 0 Å². The minimum Gasteiger partial charge on any atom is -0.339 e. The second kappa shape index (κ2) is 7.74. The Bertz CT molecular complexity index is 1100. The number of carbonyl (C=O) groups excluding carboxylic acids is 1. The van der Waals surface area contributed by atoms with Crippen LogP contribution in [0.4, 0.5) is 40.7 Å². The van der Waals surface area contributed by atoms with E-state index in [0.717, 1.165) is 12.1 Å². The van der Waals surface area contributed by atoms with Crippen LogP contribution in [0.15, 0.2) is 48.5 Å². The largest absolute Gasteiger partial charge is 0.416 e. The predicted octanol–water partition coefficient (Wildman–Crippen LogP) is 5.64. The number of carbonyl (C=O) groups is 1. The van der Waals surface area contributed by atoms with Crippen LogP contribution >= 0.6 is 0 Å². The Morgan fingerprint density at radius 3 is 2.40 bits per heavy atom. The van der Waals surface area contributed by atoms with Crippen molar-refractivity contribution in [2.45, 2.75) is 25.4 Å². The Morgan fingerprint density at radius 1 is 0.900 bits per heavy atom. The van der Waals surface area contributed by atoms with Gasteiger partial charge in [-0.05, 0) is 55.3 Å². The highest BCUT2D eigenvalue weighted by atomic mass is 19.4. The average Bonchev–Trinajstić information content (AvgIpc) is 2.69. The maximum Gasteiger partial charge on any atom is 0.416 e. The number of halogens is 4. The first kappa shape index (κ1) is 19.8. The van der Waals surface area contributed by atoms with E-state index < -0.39 is 17.6 Å². The molecule has 1 aromatic heterocycles. The van der Waals surface area contributed by atoms with Crippen molar-refractivity contribution in [2.24, 2.45) is 0 Å². The Kier molecular flexibility index (Phi) is 5.11. The molecule has 9 heteroatoms. The molecule has 1 heterocycles. The first-order valence-electron chi connectivity index (χ1n) is 9.20. The molecule has 0 saturated heterocycles. The first-order valence-corrected chi connectivity index (χ1v) is 9.20. The number of aryl methyl sites for hydroxylation is 1.